The minimum absolute atomic E-state index is 0. The topological polar surface area (TPSA) is 54.9 Å². The molecule has 1 aromatic carbocycles. The highest BCUT2D eigenvalue weighted by Crippen LogP contribution is 2.60. The van der Waals surface area contributed by atoms with E-state index in [1.54, 1.807) is 0 Å². The standard InChI is InChI=1S/C23H33N3O2.HI/c1-22(2)14-17(15-8-4-5-9-18(15)28-22)25-21(24-3)26-19-16-10-13-27-20(16)23(19)11-6-7-12-23;/h4-5,8-9,16-17,19-20H,6-7,10-14H2,1-3H3,(H2,24,25,26);1H. The van der Waals surface area contributed by atoms with Crippen LogP contribution in [0.25, 0.3) is 0 Å². The highest BCUT2D eigenvalue weighted by Gasteiger charge is 2.65. The molecule has 5 nitrogen and oxygen atoms in total. The number of nitrogens with one attached hydrogen (secondary N) is 2. The van der Waals surface area contributed by atoms with E-state index in [4.69, 9.17) is 9.47 Å². The Kier molecular flexibility index (Phi) is 5.79. The Morgan fingerprint density at radius 2 is 1.90 bits per heavy atom. The number of para-hydroxylation sites is 1. The number of aliphatic imine (C=N–C) groups is 1. The maximum atomic E-state index is 6.19. The van der Waals surface area contributed by atoms with Crippen molar-refractivity contribution in [3.05, 3.63) is 29.8 Å². The molecule has 2 saturated carbocycles. The van der Waals surface area contributed by atoms with E-state index in [1.807, 2.05) is 13.1 Å². The predicted octanol–water partition coefficient (Wildman–Crippen LogP) is 4.42. The van der Waals surface area contributed by atoms with Gasteiger partial charge in [0.1, 0.15) is 11.4 Å². The van der Waals surface area contributed by atoms with Gasteiger partial charge in [-0.25, -0.2) is 0 Å². The van der Waals surface area contributed by atoms with Crippen LogP contribution < -0.4 is 15.4 Å². The largest absolute Gasteiger partial charge is 0.487 e. The number of rotatable bonds is 2. The smallest absolute Gasteiger partial charge is 0.191 e. The molecule has 1 aromatic rings. The monoisotopic (exact) mass is 511 g/mol. The van der Waals surface area contributed by atoms with Crippen molar-refractivity contribution in [1.82, 2.24) is 10.6 Å². The lowest BCUT2D eigenvalue weighted by atomic mass is 9.54. The zero-order chi connectivity index (χ0) is 19.4. The molecule has 5 rings (SSSR count). The first-order valence-corrected chi connectivity index (χ1v) is 10.9. The fraction of sp³-hybridized carbons (Fsp3) is 0.696. The summed E-state index contributed by atoms with van der Waals surface area (Å²) in [6.07, 6.45) is 7.79. The highest BCUT2D eigenvalue weighted by atomic mass is 127. The fourth-order valence-corrected chi connectivity index (χ4v) is 6.32. The third-order valence-corrected chi connectivity index (χ3v) is 7.49. The molecule has 0 bridgehead atoms. The van der Waals surface area contributed by atoms with Crippen molar-refractivity contribution in [3.8, 4) is 5.75 Å². The number of benzene rings is 1. The molecule has 4 atom stereocenters. The molecule has 1 spiro atoms. The Morgan fingerprint density at radius 1 is 1.14 bits per heavy atom. The Labute approximate surface area is 191 Å². The van der Waals surface area contributed by atoms with Gasteiger partial charge in [0.15, 0.2) is 5.96 Å². The zero-order valence-corrected chi connectivity index (χ0v) is 20.1. The first kappa shape index (κ1) is 21.2. The van der Waals surface area contributed by atoms with Gasteiger partial charge in [-0.3, -0.25) is 4.99 Å². The second kappa shape index (κ2) is 7.91. The average molecular weight is 511 g/mol. The quantitative estimate of drug-likeness (QED) is 0.351. The summed E-state index contributed by atoms with van der Waals surface area (Å²) in [4.78, 5) is 4.61. The molecule has 6 heteroatoms. The van der Waals surface area contributed by atoms with Crippen molar-refractivity contribution in [1.29, 1.82) is 0 Å². The van der Waals surface area contributed by atoms with Crippen LogP contribution in [0.15, 0.2) is 29.3 Å². The van der Waals surface area contributed by atoms with Gasteiger partial charge in [-0.2, -0.15) is 0 Å². The normalized spacial score (nSPS) is 33.7. The van der Waals surface area contributed by atoms with Gasteiger partial charge in [-0.1, -0.05) is 31.0 Å². The Balaban J connectivity index is 0.00000205. The van der Waals surface area contributed by atoms with Crippen LogP contribution in [0.3, 0.4) is 0 Å². The molecule has 0 aromatic heterocycles. The second-order valence-electron chi connectivity index (χ2n) is 9.68. The van der Waals surface area contributed by atoms with Crippen LogP contribution >= 0.6 is 24.0 Å². The van der Waals surface area contributed by atoms with Crippen LogP contribution in [0.4, 0.5) is 0 Å². The number of guanidine groups is 1. The lowest BCUT2D eigenvalue weighted by molar-refractivity contribution is -0.125. The molecule has 2 aliphatic carbocycles. The molecule has 4 aliphatic rings. The third kappa shape index (κ3) is 3.54. The van der Waals surface area contributed by atoms with Crippen LogP contribution in [-0.2, 0) is 4.74 Å². The van der Waals surface area contributed by atoms with Gasteiger partial charge in [0, 0.05) is 43.0 Å². The summed E-state index contributed by atoms with van der Waals surface area (Å²) in [5.74, 6) is 2.53. The molecule has 2 N–H and O–H groups in total. The average Bonchev–Trinajstić information content (AvgIpc) is 3.32. The van der Waals surface area contributed by atoms with Crippen molar-refractivity contribution < 1.29 is 9.47 Å². The number of halogens is 1. The molecule has 1 saturated heterocycles. The van der Waals surface area contributed by atoms with E-state index >= 15 is 0 Å². The summed E-state index contributed by atoms with van der Waals surface area (Å²) < 4.78 is 12.3. The molecule has 160 valence electrons. The van der Waals surface area contributed by atoms with E-state index in [0.29, 0.717) is 23.5 Å². The van der Waals surface area contributed by atoms with Gasteiger partial charge >= 0.3 is 0 Å². The van der Waals surface area contributed by atoms with E-state index in [1.165, 1.54) is 37.7 Å². The van der Waals surface area contributed by atoms with Crippen molar-refractivity contribution in [2.75, 3.05) is 13.7 Å². The van der Waals surface area contributed by atoms with E-state index in [0.717, 1.165) is 24.7 Å². The molecule has 0 amide bonds. The van der Waals surface area contributed by atoms with Crippen LogP contribution in [0.2, 0.25) is 0 Å². The van der Waals surface area contributed by atoms with Gasteiger partial charge in [0.2, 0.25) is 0 Å². The molecule has 29 heavy (non-hydrogen) atoms. The highest BCUT2D eigenvalue weighted by molar-refractivity contribution is 14.0. The summed E-state index contributed by atoms with van der Waals surface area (Å²) in [6.45, 7) is 5.24. The Hall–Kier alpha value is -1.02. The summed E-state index contributed by atoms with van der Waals surface area (Å²) in [7, 11) is 1.88. The van der Waals surface area contributed by atoms with Gasteiger partial charge in [0.05, 0.1) is 12.1 Å². The van der Waals surface area contributed by atoms with Crippen LogP contribution in [0, 0.1) is 11.3 Å². The van der Waals surface area contributed by atoms with Gasteiger partial charge in [-0.05, 0) is 39.2 Å². The second-order valence-corrected chi connectivity index (χ2v) is 9.68. The number of ether oxygens (including phenoxy) is 2. The molecule has 3 fully saturated rings. The lowest BCUT2D eigenvalue weighted by Crippen LogP contribution is -2.69. The Bertz CT molecular complexity index is 775. The minimum Gasteiger partial charge on any atom is -0.487 e. The number of fused-ring (bicyclic) bond motifs is 3. The van der Waals surface area contributed by atoms with Crippen LogP contribution in [0.5, 0.6) is 5.75 Å². The lowest BCUT2D eigenvalue weighted by Gasteiger charge is -2.57. The number of hydrogen-bond acceptors (Lipinski definition) is 3. The SMILES string of the molecule is CN=C(NC1CC(C)(C)Oc2ccccc21)NC1C2CCOC2C12CCCC2.I. The summed E-state index contributed by atoms with van der Waals surface area (Å²) in [5, 5.41) is 7.55. The Morgan fingerprint density at radius 3 is 2.66 bits per heavy atom. The predicted molar refractivity (Wildman–Crippen MR) is 126 cm³/mol. The molecule has 0 radical (unpaired) electrons. The zero-order valence-electron chi connectivity index (χ0n) is 17.7. The maximum absolute atomic E-state index is 6.19. The molecule has 2 aliphatic heterocycles. The first-order chi connectivity index (χ1) is 13.5. The van der Waals surface area contributed by atoms with E-state index in [2.05, 4.69) is 47.7 Å². The fourth-order valence-electron chi connectivity index (χ4n) is 6.32. The first-order valence-electron chi connectivity index (χ1n) is 10.9. The third-order valence-electron chi connectivity index (χ3n) is 7.49. The molecule has 2 heterocycles. The maximum Gasteiger partial charge on any atom is 0.191 e. The van der Waals surface area contributed by atoms with Crippen molar-refractivity contribution >= 4 is 29.9 Å². The van der Waals surface area contributed by atoms with Crippen molar-refractivity contribution in [2.24, 2.45) is 16.3 Å². The molecule has 4 unspecified atom stereocenters. The van der Waals surface area contributed by atoms with Crippen LogP contribution in [0.1, 0.15) is 64.0 Å². The summed E-state index contributed by atoms with van der Waals surface area (Å²) in [6, 6.07) is 9.05. The van der Waals surface area contributed by atoms with Crippen molar-refractivity contribution in [2.45, 2.75) is 76.2 Å². The number of nitrogens with zero attached hydrogens (tertiary/aromatic N) is 1. The van der Waals surface area contributed by atoms with E-state index in [9.17, 15) is 0 Å². The van der Waals surface area contributed by atoms with Gasteiger partial charge < -0.3 is 20.1 Å². The molecular weight excluding hydrogens is 477 g/mol. The van der Waals surface area contributed by atoms with Crippen LogP contribution in [-0.4, -0.2) is 37.4 Å². The van der Waals surface area contributed by atoms with Crippen molar-refractivity contribution in [3.63, 3.8) is 0 Å². The minimum atomic E-state index is -0.196. The summed E-state index contributed by atoms with van der Waals surface area (Å²) >= 11 is 0. The van der Waals surface area contributed by atoms with Gasteiger partial charge in [0.25, 0.3) is 0 Å². The van der Waals surface area contributed by atoms with E-state index < -0.39 is 0 Å². The number of hydrogen-bond donors (Lipinski definition) is 2. The molecular formula is C23H34IN3O2. The van der Waals surface area contributed by atoms with E-state index in [-0.39, 0.29) is 35.6 Å². The summed E-state index contributed by atoms with van der Waals surface area (Å²) in [5.41, 5.74) is 1.35. The van der Waals surface area contributed by atoms with Gasteiger partial charge in [-0.15, -0.1) is 24.0 Å².